The Morgan fingerprint density at radius 1 is 0.957 bits per heavy atom. The molecule has 1 fully saturated rings. The zero-order valence-electron chi connectivity index (χ0n) is 14.3. The summed E-state index contributed by atoms with van der Waals surface area (Å²) in [6, 6.07) is 0. The number of aliphatic carboxylic acids is 1. The van der Waals surface area contributed by atoms with Gasteiger partial charge in [0.15, 0.2) is 0 Å². The van der Waals surface area contributed by atoms with Gasteiger partial charge in [0, 0.05) is 0 Å². The maximum absolute atomic E-state index is 11.2. The lowest BCUT2D eigenvalue weighted by Gasteiger charge is -2.12. The Hall–Kier alpha value is -1.32. The topological polar surface area (TPSA) is 63.6 Å². The van der Waals surface area contributed by atoms with Crippen molar-refractivity contribution in [1.82, 2.24) is 0 Å². The first-order valence-electron chi connectivity index (χ1n) is 9.21. The highest BCUT2D eigenvalue weighted by Crippen LogP contribution is 2.27. The first-order chi connectivity index (χ1) is 11.2. The minimum atomic E-state index is -0.971. The highest BCUT2D eigenvalue weighted by molar-refractivity contribution is 5.76. The number of carbonyl (C=O) groups is 2. The van der Waals surface area contributed by atoms with Gasteiger partial charge in [0.25, 0.3) is 0 Å². The number of rotatable bonds is 11. The molecule has 1 aliphatic carbocycles. The molecule has 4 nitrogen and oxygen atoms in total. The van der Waals surface area contributed by atoms with Gasteiger partial charge >= 0.3 is 11.9 Å². The van der Waals surface area contributed by atoms with E-state index in [1.165, 1.54) is 64.2 Å². The highest BCUT2D eigenvalue weighted by Gasteiger charge is 2.11. The Morgan fingerprint density at radius 3 is 2.39 bits per heavy atom. The molecule has 132 valence electrons. The lowest BCUT2D eigenvalue weighted by Crippen LogP contribution is -2.07. The van der Waals surface area contributed by atoms with Crippen molar-refractivity contribution >= 4 is 11.9 Å². The maximum atomic E-state index is 11.2. The molecule has 1 saturated carbocycles. The average molecular weight is 324 g/mol. The van der Waals surface area contributed by atoms with E-state index < -0.39 is 11.9 Å². The Labute approximate surface area is 140 Å². The number of carboxylic acids is 1. The normalized spacial score (nSPS) is 16.3. The molecule has 4 heteroatoms. The minimum Gasteiger partial charge on any atom is -0.481 e. The van der Waals surface area contributed by atoms with E-state index in [9.17, 15) is 9.59 Å². The van der Waals surface area contributed by atoms with Crippen molar-refractivity contribution in [2.24, 2.45) is 5.92 Å². The van der Waals surface area contributed by atoms with Crippen molar-refractivity contribution in [3.8, 4) is 0 Å². The predicted molar refractivity (Wildman–Crippen MR) is 91.2 cm³/mol. The third kappa shape index (κ3) is 11.8. The van der Waals surface area contributed by atoms with Crippen LogP contribution in [-0.4, -0.2) is 23.7 Å². The molecule has 1 aliphatic rings. The first-order valence-corrected chi connectivity index (χ1v) is 9.21. The zero-order chi connectivity index (χ0) is 16.8. The second kappa shape index (κ2) is 13.1. The smallest absolute Gasteiger partial charge is 0.306 e. The minimum absolute atomic E-state index is 0.0513. The predicted octanol–water partition coefficient (Wildman–Crippen LogP) is 4.87. The van der Waals surface area contributed by atoms with Gasteiger partial charge in [-0.25, -0.2) is 0 Å². The van der Waals surface area contributed by atoms with Gasteiger partial charge in [-0.1, -0.05) is 69.9 Å². The van der Waals surface area contributed by atoms with Crippen molar-refractivity contribution in [2.75, 3.05) is 6.61 Å². The summed E-state index contributed by atoms with van der Waals surface area (Å²) in [7, 11) is 0. The molecular formula is C19H32O4. The highest BCUT2D eigenvalue weighted by atomic mass is 16.5. The number of hydrogen-bond acceptors (Lipinski definition) is 3. The number of esters is 1. The number of ether oxygens (including phenoxy) is 1. The van der Waals surface area contributed by atoms with Crippen LogP contribution < -0.4 is 0 Å². The summed E-state index contributed by atoms with van der Waals surface area (Å²) in [6.45, 7) is 0.251. The van der Waals surface area contributed by atoms with E-state index in [4.69, 9.17) is 9.84 Å². The second-order valence-corrected chi connectivity index (χ2v) is 6.54. The van der Waals surface area contributed by atoms with Gasteiger partial charge < -0.3 is 9.84 Å². The van der Waals surface area contributed by atoms with Gasteiger partial charge in [0.1, 0.15) is 6.61 Å². The monoisotopic (exact) mass is 324 g/mol. The average Bonchev–Trinajstić information content (AvgIpc) is 2.80. The molecule has 0 atom stereocenters. The molecule has 1 N–H and O–H groups in total. The fraction of sp³-hybridized carbons (Fsp3) is 0.789. The summed E-state index contributed by atoms with van der Waals surface area (Å²) in [5.41, 5.74) is 0. The van der Waals surface area contributed by atoms with Crippen molar-refractivity contribution in [2.45, 2.75) is 83.5 Å². The van der Waals surface area contributed by atoms with Crippen LogP contribution in [0.2, 0.25) is 0 Å². The molecule has 1 rings (SSSR count). The third-order valence-electron chi connectivity index (χ3n) is 4.51. The standard InChI is InChI=1S/C19H32O4/c20-18(21)14-15-19(22)23-16-10-6-2-1-3-7-11-17-12-8-4-5-9-13-17/h6,10,17H,1-5,7-9,11-16H2,(H,20,21). The van der Waals surface area contributed by atoms with E-state index in [0.29, 0.717) is 0 Å². The molecule has 0 amide bonds. The molecule has 0 aromatic heterocycles. The summed E-state index contributed by atoms with van der Waals surface area (Å²) in [6.07, 6.45) is 18.5. The lowest BCUT2D eigenvalue weighted by molar-refractivity contribution is -0.146. The van der Waals surface area contributed by atoms with Crippen LogP contribution in [0.1, 0.15) is 83.5 Å². The number of carboxylic acid groups (broad SMARTS) is 1. The van der Waals surface area contributed by atoms with Crippen LogP contribution in [0, 0.1) is 5.92 Å². The van der Waals surface area contributed by atoms with Gasteiger partial charge in [-0.2, -0.15) is 0 Å². The Morgan fingerprint density at radius 2 is 1.70 bits per heavy atom. The van der Waals surface area contributed by atoms with Gasteiger partial charge in [0.2, 0.25) is 0 Å². The summed E-state index contributed by atoms with van der Waals surface area (Å²) in [5, 5.41) is 8.45. The quantitative estimate of drug-likeness (QED) is 0.255. The van der Waals surface area contributed by atoms with E-state index in [-0.39, 0.29) is 19.4 Å². The van der Waals surface area contributed by atoms with Crippen LogP contribution in [0.15, 0.2) is 12.2 Å². The van der Waals surface area contributed by atoms with Gasteiger partial charge in [0.05, 0.1) is 12.8 Å². The van der Waals surface area contributed by atoms with Gasteiger partial charge in [-0.15, -0.1) is 0 Å². The Kier molecular flexibility index (Phi) is 11.3. The number of allylic oxidation sites excluding steroid dienone is 1. The molecular weight excluding hydrogens is 292 g/mol. The van der Waals surface area contributed by atoms with E-state index in [1.54, 1.807) is 0 Å². The number of carbonyl (C=O) groups excluding carboxylic acids is 1. The second-order valence-electron chi connectivity index (χ2n) is 6.54. The molecule has 0 saturated heterocycles. The van der Waals surface area contributed by atoms with E-state index >= 15 is 0 Å². The molecule has 0 aromatic carbocycles. The molecule has 0 heterocycles. The summed E-state index contributed by atoms with van der Waals surface area (Å²) in [4.78, 5) is 21.5. The van der Waals surface area contributed by atoms with Crippen molar-refractivity contribution in [1.29, 1.82) is 0 Å². The zero-order valence-corrected chi connectivity index (χ0v) is 14.3. The molecule has 0 unspecified atom stereocenters. The van der Waals surface area contributed by atoms with Crippen LogP contribution in [0.5, 0.6) is 0 Å². The molecule has 23 heavy (non-hydrogen) atoms. The summed E-state index contributed by atoms with van der Waals surface area (Å²) in [5.74, 6) is -0.444. The van der Waals surface area contributed by atoms with E-state index in [0.717, 1.165) is 12.3 Å². The third-order valence-corrected chi connectivity index (χ3v) is 4.51. The molecule has 0 bridgehead atoms. The van der Waals surface area contributed by atoms with Crippen LogP contribution in [-0.2, 0) is 14.3 Å². The van der Waals surface area contributed by atoms with Crippen LogP contribution in [0.4, 0.5) is 0 Å². The van der Waals surface area contributed by atoms with Crippen molar-refractivity contribution in [3.63, 3.8) is 0 Å². The number of unbranched alkanes of at least 4 members (excludes halogenated alkanes) is 3. The van der Waals surface area contributed by atoms with E-state index in [2.05, 4.69) is 6.08 Å². The van der Waals surface area contributed by atoms with Gasteiger partial charge in [-0.05, 0) is 18.8 Å². The van der Waals surface area contributed by atoms with Crippen LogP contribution in [0.25, 0.3) is 0 Å². The van der Waals surface area contributed by atoms with Crippen molar-refractivity contribution < 1.29 is 19.4 Å². The number of hydrogen-bond donors (Lipinski definition) is 1. The molecule has 0 radical (unpaired) electrons. The summed E-state index contributed by atoms with van der Waals surface area (Å²) >= 11 is 0. The largest absolute Gasteiger partial charge is 0.481 e. The Bertz CT molecular complexity index is 354. The van der Waals surface area contributed by atoms with Crippen molar-refractivity contribution in [3.05, 3.63) is 12.2 Å². The molecule has 0 aliphatic heterocycles. The lowest BCUT2D eigenvalue weighted by atomic mass is 9.94. The fourth-order valence-corrected chi connectivity index (χ4v) is 3.13. The first kappa shape index (κ1) is 19.7. The molecule has 0 spiro atoms. The van der Waals surface area contributed by atoms with Crippen LogP contribution in [0.3, 0.4) is 0 Å². The van der Waals surface area contributed by atoms with Crippen LogP contribution >= 0.6 is 0 Å². The van der Waals surface area contributed by atoms with E-state index in [1.807, 2.05) is 6.08 Å². The SMILES string of the molecule is O=C(O)CCC(=O)OCC=CCCCCCC1CCCCCC1. The molecule has 0 aromatic rings. The summed E-state index contributed by atoms with van der Waals surface area (Å²) < 4.78 is 4.92. The maximum Gasteiger partial charge on any atom is 0.306 e. The van der Waals surface area contributed by atoms with Gasteiger partial charge in [-0.3, -0.25) is 9.59 Å². The fourth-order valence-electron chi connectivity index (χ4n) is 3.13. The Balaban J connectivity index is 1.90.